The Labute approximate surface area is 232 Å². The van der Waals surface area contributed by atoms with Gasteiger partial charge in [0, 0.05) is 13.1 Å². The number of nitrogens with one attached hydrogen (secondary N) is 1. The highest BCUT2D eigenvalue weighted by Gasteiger charge is 2.33. The van der Waals surface area contributed by atoms with Gasteiger partial charge in [0.15, 0.2) is 0 Å². The Balaban J connectivity index is 2.03. The number of anilines is 1. The standard InChI is InChI=1S/C31H39N3O4S/c1-6-7-18-32-31(36)26(5)33(21-27-13-11-12-23(2)19-27)30(35)22-34(29-20-24(3)16-17-25(29)4)39(37,38)28-14-9-8-10-15-28/h8-17,19-20,26H,6-7,18,21-22H2,1-5H3,(H,32,36)/t26-/m1/s1. The first-order valence-electron chi connectivity index (χ1n) is 13.3. The second-order valence-electron chi connectivity index (χ2n) is 9.95. The van der Waals surface area contributed by atoms with Crippen molar-refractivity contribution in [3.8, 4) is 0 Å². The van der Waals surface area contributed by atoms with Crippen molar-refractivity contribution in [1.29, 1.82) is 0 Å². The van der Waals surface area contributed by atoms with Crippen LogP contribution in [0.15, 0.2) is 77.7 Å². The Bertz CT molecular complexity index is 1390. The summed E-state index contributed by atoms with van der Waals surface area (Å²) in [7, 11) is -4.08. The topological polar surface area (TPSA) is 86.8 Å². The number of sulfonamides is 1. The molecular formula is C31H39N3O4S. The van der Waals surface area contributed by atoms with Crippen molar-refractivity contribution < 1.29 is 18.0 Å². The maximum Gasteiger partial charge on any atom is 0.264 e. The second kappa shape index (κ2) is 13.4. The van der Waals surface area contributed by atoms with Gasteiger partial charge in [0.1, 0.15) is 12.6 Å². The summed E-state index contributed by atoms with van der Waals surface area (Å²) in [5.41, 5.74) is 3.92. The number of unbranched alkanes of at least 4 members (excludes halogenated alkanes) is 1. The summed E-state index contributed by atoms with van der Waals surface area (Å²) >= 11 is 0. The van der Waals surface area contributed by atoms with Gasteiger partial charge in [0.2, 0.25) is 11.8 Å². The first-order valence-corrected chi connectivity index (χ1v) is 14.8. The molecule has 0 aliphatic rings. The SMILES string of the molecule is CCCCNC(=O)[C@@H](C)N(Cc1cccc(C)c1)C(=O)CN(c1cc(C)ccc1C)S(=O)(=O)c1ccccc1. The Morgan fingerprint density at radius 2 is 1.59 bits per heavy atom. The molecule has 0 fully saturated rings. The van der Waals surface area contributed by atoms with E-state index in [0.29, 0.717) is 12.2 Å². The lowest BCUT2D eigenvalue weighted by Crippen LogP contribution is -2.51. The fourth-order valence-corrected chi connectivity index (χ4v) is 5.84. The van der Waals surface area contributed by atoms with Gasteiger partial charge in [-0.1, -0.05) is 73.5 Å². The molecule has 208 valence electrons. The van der Waals surface area contributed by atoms with Crippen molar-refractivity contribution >= 4 is 27.5 Å². The summed E-state index contributed by atoms with van der Waals surface area (Å²) in [6, 6.07) is 20.6. The van der Waals surface area contributed by atoms with Crippen molar-refractivity contribution in [3.63, 3.8) is 0 Å². The monoisotopic (exact) mass is 549 g/mol. The van der Waals surface area contributed by atoms with Crippen molar-refractivity contribution in [2.24, 2.45) is 0 Å². The largest absolute Gasteiger partial charge is 0.354 e. The minimum atomic E-state index is -4.08. The average Bonchev–Trinajstić information content (AvgIpc) is 2.92. The Morgan fingerprint density at radius 3 is 2.26 bits per heavy atom. The van der Waals surface area contributed by atoms with E-state index in [4.69, 9.17) is 0 Å². The first-order chi connectivity index (χ1) is 18.5. The van der Waals surface area contributed by atoms with Gasteiger partial charge in [-0.15, -0.1) is 0 Å². The van der Waals surface area contributed by atoms with Gasteiger partial charge in [-0.3, -0.25) is 13.9 Å². The Kier molecular flexibility index (Phi) is 10.3. The summed E-state index contributed by atoms with van der Waals surface area (Å²) in [4.78, 5) is 28.6. The number of hydrogen-bond donors (Lipinski definition) is 1. The minimum Gasteiger partial charge on any atom is -0.354 e. The molecule has 0 aliphatic heterocycles. The highest BCUT2D eigenvalue weighted by atomic mass is 32.2. The highest BCUT2D eigenvalue weighted by Crippen LogP contribution is 2.28. The minimum absolute atomic E-state index is 0.0919. The molecular weight excluding hydrogens is 510 g/mol. The van der Waals surface area contributed by atoms with E-state index in [-0.39, 0.29) is 17.3 Å². The fourth-order valence-electron chi connectivity index (χ4n) is 4.35. The van der Waals surface area contributed by atoms with Crippen LogP contribution >= 0.6 is 0 Å². The molecule has 0 radical (unpaired) electrons. The predicted octanol–water partition coefficient (Wildman–Crippen LogP) is 5.14. The van der Waals surface area contributed by atoms with Gasteiger partial charge in [0.25, 0.3) is 10.0 Å². The smallest absolute Gasteiger partial charge is 0.264 e. The van der Waals surface area contributed by atoms with Gasteiger partial charge >= 0.3 is 0 Å². The van der Waals surface area contributed by atoms with Crippen molar-refractivity contribution in [3.05, 3.63) is 95.1 Å². The summed E-state index contributed by atoms with van der Waals surface area (Å²) in [5.74, 6) is -0.733. The van der Waals surface area contributed by atoms with Crippen LogP contribution in [0.5, 0.6) is 0 Å². The van der Waals surface area contributed by atoms with E-state index in [2.05, 4.69) is 5.32 Å². The molecule has 39 heavy (non-hydrogen) atoms. The molecule has 0 spiro atoms. The number of carbonyl (C=O) groups is 2. The molecule has 0 saturated carbocycles. The Hall–Kier alpha value is -3.65. The van der Waals surface area contributed by atoms with Crippen LogP contribution in [-0.4, -0.2) is 44.3 Å². The molecule has 0 aliphatic carbocycles. The van der Waals surface area contributed by atoms with E-state index in [0.717, 1.165) is 39.4 Å². The molecule has 0 unspecified atom stereocenters. The zero-order valence-corrected chi connectivity index (χ0v) is 24.3. The number of nitrogens with zero attached hydrogens (tertiary/aromatic N) is 2. The van der Waals surface area contributed by atoms with Crippen LogP contribution in [0, 0.1) is 20.8 Å². The summed E-state index contributed by atoms with van der Waals surface area (Å²) in [6.45, 7) is 9.64. The van der Waals surface area contributed by atoms with Crippen molar-refractivity contribution in [2.45, 2.75) is 64.9 Å². The molecule has 2 amide bonds. The van der Waals surface area contributed by atoms with Crippen LogP contribution in [0.3, 0.4) is 0 Å². The second-order valence-corrected chi connectivity index (χ2v) is 11.8. The number of amides is 2. The quantitative estimate of drug-likeness (QED) is 0.317. The normalized spacial score (nSPS) is 12.0. The van der Waals surface area contributed by atoms with Gasteiger partial charge in [-0.05, 0) is 69.0 Å². The third-order valence-corrected chi connectivity index (χ3v) is 8.45. The van der Waals surface area contributed by atoms with Crippen molar-refractivity contribution in [1.82, 2.24) is 10.2 Å². The molecule has 3 aromatic carbocycles. The maximum atomic E-state index is 14.0. The molecule has 1 atom stereocenters. The number of carbonyl (C=O) groups excluding carboxylic acids is 2. The van der Waals surface area contributed by atoms with E-state index in [1.54, 1.807) is 31.2 Å². The molecule has 7 nitrogen and oxygen atoms in total. The first kappa shape index (κ1) is 29.9. The lowest BCUT2D eigenvalue weighted by Gasteiger charge is -2.32. The van der Waals surface area contributed by atoms with Crippen LogP contribution in [0.2, 0.25) is 0 Å². The molecule has 0 saturated heterocycles. The molecule has 3 aromatic rings. The third kappa shape index (κ3) is 7.69. The molecule has 0 bridgehead atoms. The van der Waals surface area contributed by atoms with E-state index >= 15 is 0 Å². The molecule has 8 heteroatoms. The van der Waals surface area contributed by atoms with E-state index < -0.39 is 28.5 Å². The van der Waals surface area contributed by atoms with Crippen molar-refractivity contribution in [2.75, 3.05) is 17.4 Å². The highest BCUT2D eigenvalue weighted by molar-refractivity contribution is 7.92. The van der Waals surface area contributed by atoms with Crippen LogP contribution in [0.1, 0.15) is 48.9 Å². The van der Waals surface area contributed by atoms with Gasteiger partial charge in [-0.2, -0.15) is 0 Å². The van der Waals surface area contributed by atoms with Gasteiger partial charge in [0.05, 0.1) is 10.6 Å². The van der Waals surface area contributed by atoms with E-state index in [1.807, 2.05) is 64.1 Å². The average molecular weight is 550 g/mol. The predicted molar refractivity (Wildman–Crippen MR) is 156 cm³/mol. The number of aryl methyl sites for hydroxylation is 3. The number of rotatable bonds is 12. The molecule has 1 N–H and O–H groups in total. The fraction of sp³-hybridized carbons (Fsp3) is 0.355. The lowest BCUT2D eigenvalue weighted by molar-refractivity contribution is -0.139. The zero-order valence-electron chi connectivity index (χ0n) is 23.5. The number of benzene rings is 3. The molecule has 0 aromatic heterocycles. The van der Waals surface area contributed by atoms with Crippen LogP contribution in [-0.2, 0) is 26.2 Å². The van der Waals surface area contributed by atoms with Gasteiger partial charge < -0.3 is 10.2 Å². The Morgan fingerprint density at radius 1 is 0.897 bits per heavy atom. The summed E-state index contributed by atoms with van der Waals surface area (Å²) < 4.78 is 29.0. The lowest BCUT2D eigenvalue weighted by atomic mass is 10.1. The van der Waals surface area contributed by atoms with Crippen LogP contribution in [0.4, 0.5) is 5.69 Å². The number of hydrogen-bond acceptors (Lipinski definition) is 4. The zero-order chi connectivity index (χ0) is 28.6. The molecule has 3 rings (SSSR count). The summed E-state index contributed by atoms with van der Waals surface area (Å²) in [5, 5.41) is 2.91. The molecule has 0 heterocycles. The van der Waals surface area contributed by atoms with Crippen LogP contribution < -0.4 is 9.62 Å². The maximum absolute atomic E-state index is 14.0. The van der Waals surface area contributed by atoms with E-state index in [9.17, 15) is 18.0 Å². The van der Waals surface area contributed by atoms with Crippen LogP contribution in [0.25, 0.3) is 0 Å². The van der Waals surface area contributed by atoms with E-state index in [1.165, 1.54) is 17.0 Å². The summed E-state index contributed by atoms with van der Waals surface area (Å²) in [6.07, 6.45) is 1.77. The van der Waals surface area contributed by atoms with Gasteiger partial charge in [-0.25, -0.2) is 8.42 Å². The third-order valence-electron chi connectivity index (χ3n) is 6.68.